The summed E-state index contributed by atoms with van der Waals surface area (Å²) in [4.78, 5) is 22.7. The lowest BCUT2D eigenvalue weighted by atomic mass is 10.1. The van der Waals surface area contributed by atoms with Crippen LogP contribution >= 0.6 is 22.6 Å². The summed E-state index contributed by atoms with van der Waals surface area (Å²) < 4.78 is 20.6. The van der Waals surface area contributed by atoms with Gasteiger partial charge in [0.2, 0.25) is 0 Å². The quantitative estimate of drug-likeness (QED) is 0.578. The summed E-state index contributed by atoms with van der Waals surface area (Å²) in [6, 6.07) is 0. The molecule has 0 spiro atoms. The van der Waals surface area contributed by atoms with Gasteiger partial charge in [0, 0.05) is 4.43 Å². The molecule has 4 rings (SSSR count). The highest BCUT2D eigenvalue weighted by Gasteiger charge is 2.55. The molecule has 4 heterocycles. The van der Waals surface area contributed by atoms with Crippen LogP contribution in [0.5, 0.6) is 0 Å². The molecule has 0 aliphatic carbocycles. The molecular weight excluding hydrogens is 403 g/mol. The molecule has 0 amide bonds. The van der Waals surface area contributed by atoms with Gasteiger partial charge in [-0.25, -0.2) is 9.97 Å². The Balaban J connectivity index is 1.78. The van der Waals surface area contributed by atoms with Gasteiger partial charge in [-0.05, 0) is 13.8 Å². The van der Waals surface area contributed by atoms with E-state index in [1.165, 1.54) is 6.33 Å². The lowest BCUT2D eigenvalue weighted by molar-refractivity contribution is -0.193. The molecular formula is C13H15IN4O4. The third-order valence-corrected chi connectivity index (χ3v) is 4.78. The minimum Gasteiger partial charge on any atom is -0.348 e. The molecule has 22 heavy (non-hydrogen) atoms. The number of alkyl halides is 1. The van der Waals surface area contributed by atoms with Crippen molar-refractivity contribution in [1.29, 1.82) is 0 Å². The normalized spacial score (nSPS) is 33.4. The summed E-state index contributed by atoms with van der Waals surface area (Å²) in [5.41, 5.74) is 0.501. The number of aromatic nitrogens is 4. The number of imidazole rings is 1. The molecule has 2 aromatic heterocycles. The first kappa shape index (κ1) is 14.5. The van der Waals surface area contributed by atoms with Gasteiger partial charge < -0.3 is 19.2 Å². The molecule has 2 saturated heterocycles. The number of H-pyrrole nitrogens is 1. The number of fused-ring (bicyclic) bond motifs is 2. The van der Waals surface area contributed by atoms with Crippen molar-refractivity contribution in [1.82, 2.24) is 19.5 Å². The van der Waals surface area contributed by atoms with E-state index >= 15 is 0 Å². The van der Waals surface area contributed by atoms with Crippen LogP contribution in [0.25, 0.3) is 11.2 Å². The molecule has 2 fully saturated rings. The molecule has 0 unspecified atom stereocenters. The standard InChI is InChI=1S/C13H15IN4O4/c1-13(2)21-8-6(3-14)20-12(9(8)22-13)18-5-17-7-10(18)15-4-16-11(7)19/h4-6,8-9,12H,3H2,1-2H3,(H,15,16,19)/t6-,8+,9-,12+/m0/s1. The Morgan fingerprint density at radius 1 is 1.36 bits per heavy atom. The summed E-state index contributed by atoms with van der Waals surface area (Å²) in [6.07, 6.45) is 2.05. The molecule has 0 saturated carbocycles. The van der Waals surface area contributed by atoms with Gasteiger partial charge in [0.1, 0.15) is 12.2 Å². The van der Waals surface area contributed by atoms with Gasteiger partial charge in [-0.15, -0.1) is 0 Å². The predicted molar refractivity (Wildman–Crippen MR) is 84.8 cm³/mol. The minimum atomic E-state index is -0.650. The fourth-order valence-corrected chi connectivity index (χ4v) is 3.77. The monoisotopic (exact) mass is 418 g/mol. The maximum atomic E-state index is 11.8. The summed E-state index contributed by atoms with van der Waals surface area (Å²) in [5.74, 6) is -0.650. The van der Waals surface area contributed by atoms with Crippen LogP contribution in [0.15, 0.2) is 17.4 Å². The Morgan fingerprint density at radius 2 is 2.14 bits per heavy atom. The van der Waals surface area contributed by atoms with Gasteiger partial charge in [-0.1, -0.05) is 22.6 Å². The third kappa shape index (κ3) is 2.10. The Morgan fingerprint density at radius 3 is 2.91 bits per heavy atom. The number of rotatable bonds is 2. The van der Waals surface area contributed by atoms with Crippen LogP contribution in [0, 0.1) is 0 Å². The molecule has 9 heteroatoms. The number of ether oxygens (including phenoxy) is 3. The van der Waals surface area contributed by atoms with Gasteiger partial charge in [0.25, 0.3) is 5.56 Å². The third-order valence-electron chi connectivity index (χ3n) is 3.92. The maximum absolute atomic E-state index is 11.8. The fourth-order valence-electron chi connectivity index (χ4n) is 3.06. The number of aromatic amines is 1. The topological polar surface area (TPSA) is 91.3 Å². The van der Waals surface area contributed by atoms with E-state index in [2.05, 4.69) is 37.5 Å². The van der Waals surface area contributed by atoms with E-state index < -0.39 is 12.0 Å². The summed E-state index contributed by atoms with van der Waals surface area (Å²) >= 11 is 2.27. The SMILES string of the molecule is CC1(C)O[C@H]2[C@H](O1)[C@H](n1cnc3c(=O)[nH]cnc31)O[C@H]2CI. The van der Waals surface area contributed by atoms with Gasteiger partial charge >= 0.3 is 0 Å². The zero-order valence-electron chi connectivity index (χ0n) is 12.0. The van der Waals surface area contributed by atoms with E-state index in [0.717, 1.165) is 4.43 Å². The van der Waals surface area contributed by atoms with E-state index in [-0.39, 0.29) is 23.9 Å². The summed E-state index contributed by atoms with van der Waals surface area (Å²) in [7, 11) is 0. The number of nitrogens with one attached hydrogen (secondary N) is 1. The lowest BCUT2D eigenvalue weighted by Gasteiger charge is -2.24. The molecule has 8 nitrogen and oxygen atoms in total. The van der Waals surface area contributed by atoms with Crippen molar-refractivity contribution in [2.45, 2.75) is 44.2 Å². The van der Waals surface area contributed by atoms with Crippen molar-refractivity contribution in [3.05, 3.63) is 23.0 Å². The molecule has 118 valence electrons. The first-order valence-corrected chi connectivity index (χ1v) is 8.50. The van der Waals surface area contributed by atoms with Gasteiger partial charge in [0.05, 0.1) is 18.8 Å². The summed E-state index contributed by atoms with van der Waals surface area (Å²) in [5, 5.41) is 0. The number of hydrogen-bond acceptors (Lipinski definition) is 6. The number of hydrogen-bond donors (Lipinski definition) is 1. The Labute approximate surface area is 139 Å². The second-order valence-electron chi connectivity index (χ2n) is 5.84. The van der Waals surface area contributed by atoms with Gasteiger partial charge in [-0.3, -0.25) is 9.36 Å². The average molecular weight is 418 g/mol. The van der Waals surface area contributed by atoms with Crippen molar-refractivity contribution in [3.8, 4) is 0 Å². The summed E-state index contributed by atoms with van der Waals surface area (Å²) in [6.45, 7) is 3.78. The maximum Gasteiger partial charge on any atom is 0.278 e. The van der Waals surface area contributed by atoms with E-state index in [4.69, 9.17) is 14.2 Å². The largest absolute Gasteiger partial charge is 0.348 e. The smallest absolute Gasteiger partial charge is 0.278 e. The highest BCUT2D eigenvalue weighted by molar-refractivity contribution is 14.1. The zero-order chi connectivity index (χ0) is 15.5. The molecule has 0 bridgehead atoms. The van der Waals surface area contributed by atoms with Crippen molar-refractivity contribution >= 4 is 33.8 Å². The van der Waals surface area contributed by atoms with Crippen LogP contribution in [0.1, 0.15) is 20.1 Å². The van der Waals surface area contributed by atoms with E-state index in [9.17, 15) is 4.79 Å². The molecule has 1 N–H and O–H groups in total. The minimum absolute atomic E-state index is 0.0724. The first-order chi connectivity index (χ1) is 10.5. The van der Waals surface area contributed by atoms with Gasteiger partial charge in [-0.2, -0.15) is 0 Å². The van der Waals surface area contributed by atoms with Crippen LogP contribution in [0.4, 0.5) is 0 Å². The van der Waals surface area contributed by atoms with Crippen molar-refractivity contribution in [2.75, 3.05) is 4.43 Å². The van der Waals surface area contributed by atoms with Crippen LogP contribution < -0.4 is 5.56 Å². The number of nitrogens with zero attached hydrogens (tertiary/aromatic N) is 3. The molecule has 2 aliphatic rings. The lowest BCUT2D eigenvalue weighted by Crippen LogP contribution is -2.30. The number of halogens is 1. The van der Waals surface area contributed by atoms with Crippen molar-refractivity contribution in [3.63, 3.8) is 0 Å². The first-order valence-electron chi connectivity index (χ1n) is 6.97. The van der Waals surface area contributed by atoms with E-state index in [1.807, 2.05) is 13.8 Å². The average Bonchev–Trinajstić information content (AvgIpc) is 3.10. The van der Waals surface area contributed by atoms with Crippen LogP contribution in [-0.4, -0.2) is 48.0 Å². The van der Waals surface area contributed by atoms with Crippen molar-refractivity contribution < 1.29 is 14.2 Å². The predicted octanol–water partition coefficient (Wildman–Crippen LogP) is 0.972. The molecule has 2 aromatic rings. The Kier molecular flexibility index (Phi) is 3.29. The van der Waals surface area contributed by atoms with Gasteiger partial charge in [0.15, 0.2) is 23.2 Å². The van der Waals surface area contributed by atoms with Crippen LogP contribution in [-0.2, 0) is 14.2 Å². The molecule has 2 aliphatic heterocycles. The van der Waals surface area contributed by atoms with E-state index in [0.29, 0.717) is 11.2 Å². The Hall–Kier alpha value is -1.04. The second-order valence-corrected chi connectivity index (χ2v) is 6.72. The second kappa shape index (κ2) is 4.98. The van der Waals surface area contributed by atoms with Crippen LogP contribution in [0.2, 0.25) is 0 Å². The van der Waals surface area contributed by atoms with E-state index in [1.54, 1.807) is 10.9 Å². The Bertz CT molecular complexity index is 773. The highest BCUT2D eigenvalue weighted by Crippen LogP contribution is 2.43. The van der Waals surface area contributed by atoms with Crippen LogP contribution in [0.3, 0.4) is 0 Å². The highest BCUT2D eigenvalue weighted by atomic mass is 127. The molecule has 4 atom stereocenters. The zero-order valence-corrected chi connectivity index (χ0v) is 14.2. The fraction of sp³-hybridized carbons (Fsp3) is 0.615. The van der Waals surface area contributed by atoms with Crippen molar-refractivity contribution in [2.24, 2.45) is 0 Å². The molecule has 0 aromatic carbocycles. The molecule has 0 radical (unpaired) electrons.